The molecule has 0 saturated carbocycles. The van der Waals surface area contributed by atoms with E-state index in [2.05, 4.69) is 102 Å². The van der Waals surface area contributed by atoms with Gasteiger partial charge in [-0.1, -0.05) is 97.3 Å². The van der Waals surface area contributed by atoms with Crippen molar-refractivity contribution >= 4 is 23.8 Å². The Morgan fingerprint density at radius 2 is 0.960 bits per heavy atom. The smallest absolute Gasteiger partial charge is 0.599 e. The summed E-state index contributed by atoms with van der Waals surface area (Å²) in [4.78, 5) is 0. The first-order valence-corrected chi connectivity index (χ1v) is 9.14. The first-order chi connectivity index (χ1) is 11.9. The molecule has 0 bridgehead atoms. The topological polar surface area (TPSA) is 13.1 Å². The number of hydrogen-bond acceptors (Lipinski definition) is 1. The Balaban J connectivity index is 0.000000325. The maximum Gasteiger partial charge on any atom is 1.00 e. The molecular formula is C22H18AuOP. The van der Waals surface area contributed by atoms with Gasteiger partial charge >= 0.3 is 22.4 Å². The van der Waals surface area contributed by atoms with Gasteiger partial charge in [0.1, 0.15) is 0 Å². The Bertz CT molecular complexity index is 691. The molecule has 4 aromatic rings. The average molecular weight is 526 g/mol. The van der Waals surface area contributed by atoms with E-state index in [1.165, 1.54) is 15.9 Å². The van der Waals surface area contributed by atoms with E-state index < -0.39 is 7.92 Å². The predicted molar refractivity (Wildman–Crippen MR) is 103 cm³/mol. The minimum atomic E-state index is -0.446. The van der Waals surface area contributed by atoms with Gasteiger partial charge in [0.05, 0.1) is 0 Å². The third-order valence-electron chi connectivity index (χ3n) is 3.42. The molecule has 0 fully saturated rings. The number of furan rings is 1. The van der Waals surface area contributed by atoms with Crippen LogP contribution >= 0.6 is 7.92 Å². The molecular weight excluding hydrogens is 508 g/mol. The van der Waals surface area contributed by atoms with E-state index in [1.807, 2.05) is 0 Å². The Kier molecular flexibility index (Phi) is 8.45. The van der Waals surface area contributed by atoms with Crippen molar-refractivity contribution in [2.75, 3.05) is 0 Å². The number of benzene rings is 3. The number of hydrogen-bond donors (Lipinski definition) is 0. The van der Waals surface area contributed by atoms with Crippen molar-refractivity contribution in [1.29, 1.82) is 0 Å². The van der Waals surface area contributed by atoms with Crippen LogP contribution in [0.1, 0.15) is 0 Å². The molecule has 128 valence electrons. The zero-order chi connectivity index (χ0) is 16.5. The Labute approximate surface area is 166 Å². The normalized spacial score (nSPS) is 9.64. The van der Waals surface area contributed by atoms with Crippen molar-refractivity contribution in [3.05, 3.63) is 116 Å². The van der Waals surface area contributed by atoms with Gasteiger partial charge in [0.25, 0.3) is 0 Å². The summed E-state index contributed by atoms with van der Waals surface area (Å²) >= 11 is 0. The summed E-state index contributed by atoms with van der Waals surface area (Å²) in [6, 6.07) is 35.8. The standard InChI is InChI=1S/C18H15P.C4H3O.Au/c1-4-10-16(11-5-1)19(17-12-6-2-7-13-17)18-14-8-3-9-15-18;1-2-4-5-3-1;/h1-15H;1-3H;/q;-1;+1. The van der Waals surface area contributed by atoms with Crippen molar-refractivity contribution < 1.29 is 26.8 Å². The molecule has 0 N–H and O–H groups in total. The molecule has 1 heterocycles. The monoisotopic (exact) mass is 526 g/mol. The van der Waals surface area contributed by atoms with Gasteiger partial charge in [0.2, 0.25) is 0 Å². The molecule has 0 aliphatic heterocycles. The fourth-order valence-corrected chi connectivity index (χ4v) is 4.68. The van der Waals surface area contributed by atoms with E-state index >= 15 is 0 Å². The first-order valence-electron chi connectivity index (χ1n) is 7.80. The Hall–Kier alpha value is -1.89. The van der Waals surface area contributed by atoms with Crippen LogP contribution in [-0.2, 0) is 22.4 Å². The molecule has 0 radical (unpaired) electrons. The maximum absolute atomic E-state index is 4.46. The van der Waals surface area contributed by atoms with Gasteiger partial charge in [0.15, 0.2) is 0 Å². The van der Waals surface area contributed by atoms with Crippen LogP contribution in [0, 0.1) is 6.26 Å². The average Bonchev–Trinajstić information content (AvgIpc) is 3.25. The van der Waals surface area contributed by atoms with Crippen molar-refractivity contribution in [3.8, 4) is 0 Å². The molecule has 3 heteroatoms. The molecule has 1 aromatic heterocycles. The van der Waals surface area contributed by atoms with Crippen molar-refractivity contribution in [2.24, 2.45) is 0 Å². The van der Waals surface area contributed by atoms with Gasteiger partial charge in [-0.2, -0.15) is 6.07 Å². The molecule has 0 atom stereocenters. The third kappa shape index (κ3) is 5.85. The van der Waals surface area contributed by atoms with Gasteiger partial charge in [-0.25, -0.2) is 0 Å². The minimum absolute atomic E-state index is 0. The second-order valence-electron chi connectivity index (χ2n) is 5.07. The summed E-state index contributed by atoms with van der Waals surface area (Å²) in [5.74, 6) is 0. The maximum atomic E-state index is 4.46. The minimum Gasteiger partial charge on any atom is -0.599 e. The zero-order valence-electron chi connectivity index (χ0n) is 13.5. The Morgan fingerprint density at radius 3 is 1.20 bits per heavy atom. The second kappa shape index (κ2) is 10.9. The fourth-order valence-electron chi connectivity index (χ4n) is 2.37. The summed E-state index contributed by atoms with van der Waals surface area (Å²) in [7, 11) is -0.446. The Morgan fingerprint density at radius 1 is 0.560 bits per heavy atom. The molecule has 0 amide bonds. The van der Waals surface area contributed by atoms with Crippen LogP contribution < -0.4 is 15.9 Å². The van der Waals surface area contributed by atoms with Crippen LogP contribution in [0.4, 0.5) is 0 Å². The molecule has 4 rings (SSSR count). The van der Waals surface area contributed by atoms with E-state index in [-0.39, 0.29) is 22.4 Å². The SMILES string of the molecule is [Au+].[c-]1ccco1.c1ccc(P(c2ccccc2)c2ccccc2)cc1. The van der Waals surface area contributed by atoms with Crippen molar-refractivity contribution in [2.45, 2.75) is 0 Å². The van der Waals surface area contributed by atoms with E-state index in [9.17, 15) is 0 Å². The summed E-state index contributed by atoms with van der Waals surface area (Å²) < 4.78 is 4.46. The molecule has 0 aliphatic rings. The quantitative estimate of drug-likeness (QED) is 0.218. The van der Waals surface area contributed by atoms with Crippen LogP contribution in [0.15, 0.2) is 114 Å². The van der Waals surface area contributed by atoms with Crippen LogP contribution in [0.3, 0.4) is 0 Å². The largest absolute Gasteiger partial charge is 1.00 e. The molecule has 3 aromatic carbocycles. The van der Waals surface area contributed by atoms with Gasteiger partial charge in [-0.05, 0) is 30.1 Å². The number of rotatable bonds is 3. The van der Waals surface area contributed by atoms with Crippen molar-refractivity contribution in [3.63, 3.8) is 0 Å². The van der Waals surface area contributed by atoms with Crippen LogP contribution in [0.5, 0.6) is 0 Å². The second-order valence-corrected chi connectivity index (χ2v) is 7.29. The third-order valence-corrected chi connectivity index (χ3v) is 5.87. The van der Waals surface area contributed by atoms with Gasteiger partial charge < -0.3 is 4.42 Å². The van der Waals surface area contributed by atoms with Gasteiger partial charge in [0, 0.05) is 0 Å². The molecule has 1 nitrogen and oxygen atoms in total. The summed E-state index contributed by atoms with van der Waals surface area (Å²) in [6.07, 6.45) is 4.06. The zero-order valence-corrected chi connectivity index (χ0v) is 16.6. The molecule has 25 heavy (non-hydrogen) atoms. The molecule has 0 unspecified atom stereocenters. The summed E-state index contributed by atoms with van der Waals surface area (Å²) in [6.45, 7) is 0. The van der Waals surface area contributed by atoms with Crippen LogP contribution in [0.2, 0.25) is 0 Å². The molecule has 0 aliphatic carbocycles. The summed E-state index contributed by atoms with van der Waals surface area (Å²) in [5, 5.41) is 4.19. The van der Waals surface area contributed by atoms with Gasteiger partial charge in [-0.3, -0.25) is 0 Å². The molecule has 0 saturated heterocycles. The van der Waals surface area contributed by atoms with E-state index in [0.29, 0.717) is 0 Å². The summed E-state index contributed by atoms with van der Waals surface area (Å²) in [5.41, 5.74) is 0. The fraction of sp³-hybridized carbons (Fsp3) is 0. The molecule has 0 spiro atoms. The van der Waals surface area contributed by atoms with Crippen molar-refractivity contribution in [1.82, 2.24) is 0 Å². The predicted octanol–water partition coefficient (Wildman–Crippen LogP) is 4.52. The van der Waals surface area contributed by atoms with E-state index in [4.69, 9.17) is 0 Å². The first kappa shape index (κ1) is 19.4. The van der Waals surface area contributed by atoms with E-state index in [1.54, 1.807) is 18.4 Å². The van der Waals surface area contributed by atoms with Gasteiger partial charge in [-0.15, -0.1) is 6.07 Å². The van der Waals surface area contributed by atoms with E-state index in [0.717, 1.165) is 0 Å². The van der Waals surface area contributed by atoms with Crippen LogP contribution in [-0.4, -0.2) is 0 Å². The van der Waals surface area contributed by atoms with Crippen LogP contribution in [0.25, 0.3) is 0 Å².